The summed E-state index contributed by atoms with van der Waals surface area (Å²) in [5.41, 5.74) is 0. The summed E-state index contributed by atoms with van der Waals surface area (Å²) in [5.74, 6) is 0. The zero-order valence-corrected chi connectivity index (χ0v) is 5.98. The number of rotatable bonds is 2. The number of hydrogen-bond acceptors (Lipinski definition) is 3. The Labute approximate surface area is 55.8 Å². The van der Waals surface area contributed by atoms with Crippen LogP contribution in [0.3, 0.4) is 0 Å². The van der Waals surface area contributed by atoms with Crippen molar-refractivity contribution < 1.29 is 4.74 Å². The average molecular weight is 130 g/mol. The molecule has 0 aromatic rings. The Morgan fingerprint density at radius 1 is 1.78 bits per heavy atom. The topological polar surface area (TPSA) is 33.3 Å². The molecule has 54 valence electrons. The summed E-state index contributed by atoms with van der Waals surface area (Å²) in [6, 6.07) is 0.458. The summed E-state index contributed by atoms with van der Waals surface area (Å²) in [6.45, 7) is 3.80. The molecule has 0 amide bonds. The van der Waals surface area contributed by atoms with Crippen molar-refractivity contribution in [3.63, 3.8) is 0 Å². The lowest BCUT2D eigenvalue weighted by atomic mass is 10.2. The van der Waals surface area contributed by atoms with Gasteiger partial charge in [0.05, 0.1) is 12.8 Å². The van der Waals surface area contributed by atoms with Gasteiger partial charge < -0.3 is 10.1 Å². The van der Waals surface area contributed by atoms with Gasteiger partial charge in [0.2, 0.25) is 0 Å². The first-order valence-corrected chi connectivity index (χ1v) is 3.34. The first-order valence-electron chi connectivity index (χ1n) is 3.34. The predicted octanol–water partition coefficient (Wildman–Crippen LogP) is -0.460. The van der Waals surface area contributed by atoms with Crippen molar-refractivity contribution in [3.8, 4) is 0 Å². The Morgan fingerprint density at radius 2 is 2.56 bits per heavy atom. The van der Waals surface area contributed by atoms with Crippen LogP contribution in [0.4, 0.5) is 0 Å². The normalized spacial score (nSPS) is 30.7. The van der Waals surface area contributed by atoms with E-state index < -0.39 is 0 Å². The zero-order chi connectivity index (χ0) is 6.69. The van der Waals surface area contributed by atoms with Gasteiger partial charge in [-0.2, -0.15) is 0 Å². The maximum absolute atomic E-state index is 5.33. The maximum atomic E-state index is 5.33. The van der Waals surface area contributed by atoms with Crippen molar-refractivity contribution >= 4 is 0 Å². The van der Waals surface area contributed by atoms with Crippen LogP contribution in [-0.2, 0) is 4.74 Å². The highest BCUT2D eigenvalue weighted by Crippen LogP contribution is 2.01. The third kappa shape index (κ3) is 1.64. The van der Waals surface area contributed by atoms with Crippen molar-refractivity contribution in [3.05, 3.63) is 0 Å². The molecule has 1 aliphatic rings. The van der Waals surface area contributed by atoms with Crippen LogP contribution >= 0.6 is 0 Å². The van der Waals surface area contributed by atoms with E-state index in [1.54, 1.807) is 0 Å². The van der Waals surface area contributed by atoms with Gasteiger partial charge in [-0.3, -0.25) is 5.32 Å². The van der Waals surface area contributed by atoms with Crippen LogP contribution in [0.1, 0.15) is 6.92 Å². The fourth-order valence-electron chi connectivity index (χ4n) is 0.933. The first kappa shape index (κ1) is 6.99. The number of ether oxygens (including phenoxy) is 1. The SMILES string of the molecule is CNC(C)C1CNCO1. The molecule has 1 aliphatic heterocycles. The number of nitrogens with one attached hydrogen (secondary N) is 2. The van der Waals surface area contributed by atoms with Gasteiger partial charge in [-0.1, -0.05) is 0 Å². The molecule has 0 aliphatic carbocycles. The van der Waals surface area contributed by atoms with E-state index >= 15 is 0 Å². The lowest BCUT2D eigenvalue weighted by Gasteiger charge is -2.15. The second-order valence-corrected chi connectivity index (χ2v) is 2.38. The molecular formula is C6H14N2O. The van der Waals surface area contributed by atoms with Crippen LogP contribution in [0.15, 0.2) is 0 Å². The predicted molar refractivity (Wildman–Crippen MR) is 36.3 cm³/mol. The van der Waals surface area contributed by atoms with Crippen LogP contribution in [-0.4, -0.2) is 32.5 Å². The van der Waals surface area contributed by atoms with Gasteiger partial charge >= 0.3 is 0 Å². The van der Waals surface area contributed by atoms with Gasteiger partial charge in [-0.15, -0.1) is 0 Å². The van der Waals surface area contributed by atoms with E-state index in [4.69, 9.17) is 4.74 Å². The van der Waals surface area contributed by atoms with E-state index in [0.29, 0.717) is 18.9 Å². The molecule has 0 aromatic heterocycles. The molecule has 0 radical (unpaired) electrons. The van der Waals surface area contributed by atoms with E-state index in [2.05, 4.69) is 17.6 Å². The Bertz CT molecular complexity index is 81.1. The summed E-state index contributed by atoms with van der Waals surface area (Å²) in [6.07, 6.45) is 0.356. The monoisotopic (exact) mass is 130 g/mol. The highest BCUT2D eigenvalue weighted by Gasteiger charge is 2.19. The lowest BCUT2D eigenvalue weighted by molar-refractivity contribution is 0.0896. The maximum Gasteiger partial charge on any atom is 0.0971 e. The molecule has 1 saturated heterocycles. The standard InChI is InChI=1S/C6H14N2O/c1-5(7-2)6-3-8-4-9-6/h5-8H,3-4H2,1-2H3. The minimum absolute atomic E-state index is 0.356. The van der Waals surface area contributed by atoms with Crippen LogP contribution in [0.5, 0.6) is 0 Å². The summed E-state index contributed by atoms with van der Waals surface area (Å²) in [4.78, 5) is 0. The van der Waals surface area contributed by atoms with Crippen molar-refractivity contribution in [2.24, 2.45) is 0 Å². The molecule has 3 nitrogen and oxygen atoms in total. The molecule has 2 N–H and O–H groups in total. The minimum atomic E-state index is 0.356. The fourth-order valence-corrected chi connectivity index (χ4v) is 0.933. The van der Waals surface area contributed by atoms with Gasteiger partial charge in [-0.25, -0.2) is 0 Å². The highest BCUT2D eigenvalue weighted by atomic mass is 16.5. The van der Waals surface area contributed by atoms with Gasteiger partial charge in [0.15, 0.2) is 0 Å². The van der Waals surface area contributed by atoms with E-state index in [1.807, 2.05) is 7.05 Å². The van der Waals surface area contributed by atoms with E-state index in [0.717, 1.165) is 6.54 Å². The Balaban J connectivity index is 2.24. The molecule has 9 heavy (non-hydrogen) atoms. The summed E-state index contributed by atoms with van der Waals surface area (Å²) < 4.78 is 5.33. The first-order chi connectivity index (χ1) is 4.34. The third-order valence-corrected chi connectivity index (χ3v) is 1.76. The van der Waals surface area contributed by atoms with Crippen LogP contribution in [0.2, 0.25) is 0 Å². The Morgan fingerprint density at radius 3 is 3.00 bits per heavy atom. The lowest BCUT2D eigenvalue weighted by Crippen LogP contribution is -2.36. The molecule has 3 heteroatoms. The second-order valence-electron chi connectivity index (χ2n) is 2.38. The number of likely N-dealkylation sites (N-methyl/N-ethyl adjacent to an activating group) is 1. The summed E-state index contributed by atoms with van der Waals surface area (Å²) >= 11 is 0. The number of hydrogen-bond donors (Lipinski definition) is 2. The third-order valence-electron chi connectivity index (χ3n) is 1.76. The van der Waals surface area contributed by atoms with Crippen molar-refractivity contribution in [1.29, 1.82) is 0 Å². The van der Waals surface area contributed by atoms with Crippen molar-refractivity contribution in [2.75, 3.05) is 20.3 Å². The Hall–Kier alpha value is -0.120. The molecule has 1 rings (SSSR count). The molecule has 0 spiro atoms. The van der Waals surface area contributed by atoms with Crippen LogP contribution < -0.4 is 10.6 Å². The molecule has 2 atom stereocenters. The molecule has 1 heterocycles. The zero-order valence-electron chi connectivity index (χ0n) is 5.98. The summed E-state index contributed by atoms with van der Waals surface area (Å²) in [7, 11) is 1.95. The minimum Gasteiger partial charge on any atom is -0.360 e. The molecule has 0 saturated carbocycles. The van der Waals surface area contributed by atoms with Crippen molar-refractivity contribution in [1.82, 2.24) is 10.6 Å². The van der Waals surface area contributed by atoms with E-state index in [-0.39, 0.29) is 0 Å². The molecule has 0 aromatic carbocycles. The van der Waals surface area contributed by atoms with E-state index in [1.165, 1.54) is 0 Å². The molecular weight excluding hydrogens is 116 g/mol. The molecule has 0 bridgehead atoms. The fraction of sp³-hybridized carbons (Fsp3) is 1.00. The van der Waals surface area contributed by atoms with Crippen LogP contribution in [0.25, 0.3) is 0 Å². The highest BCUT2D eigenvalue weighted by molar-refractivity contribution is 4.76. The smallest absolute Gasteiger partial charge is 0.0971 e. The average Bonchev–Trinajstić information content (AvgIpc) is 2.37. The van der Waals surface area contributed by atoms with Crippen LogP contribution in [0, 0.1) is 0 Å². The molecule has 1 fully saturated rings. The largest absolute Gasteiger partial charge is 0.360 e. The quantitative estimate of drug-likeness (QED) is 0.530. The van der Waals surface area contributed by atoms with Gasteiger partial charge in [0, 0.05) is 12.6 Å². The van der Waals surface area contributed by atoms with Gasteiger partial charge in [0.1, 0.15) is 0 Å². The summed E-state index contributed by atoms with van der Waals surface area (Å²) in [5, 5.41) is 6.27. The van der Waals surface area contributed by atoms with Gasteiger partial charge in [0.25, 0.3) is 0 Å². The second kappa shape index (κ2) is 3.15. The van der Waals surface area contributed by atoms with Gasteiger partial charge in [-0.05, 0) is 14.0 Å². The molecule has 2 unspecified atom stereocenters. The van der Waals surface area contributed by atoms with E-state index in [9.17, 15) is 0 Å². The van der Waals surface area contributed by atoms with Crippen molar-refractivity contribution in [2.45, 2.75) is 19.1 Å². The Kier molecular flexibility index (Phi) is 2.45.